The molecule has 0 aliphatic carbocycles. The Morgan fingerprint density at radius 1 is 1.33 bits per heavy atom. The van der Waals surface area contributed by atoms with Crippen LogP contribution in [0.25, 0.3) is 0 Å². The highest BCUT2D eigenvalue weighted by Gasteiger charge is 2.01. The van der Waals surface area contributed by atoms with Crippen molar-refractivity contribution in [2.45, 2.75) is 6.54 Å². The number of halogens is 2. The molecule has 0 amide bonds. The molecule has 0 aliphatic rings. The van der Waals surface area contributed by atoms with Crippen LogP contribution in [0.1, 0.15) is 4.88 Å². The number of rotatable bonds is 6. The van der Waals surface area contributed by atoms with Gasteiger partial charge < -0.3 is 10.1 Å². The van der Waals surface area contributed by atoms with Gasteiger partial charge in [-0.25, -0.2) is 0 Å². The average molecular weight is 347 g/mol. The molecule has 0 saturated carbocycles. The van der Waals surface area contributed by atoms with E-state index in [0.29, 0.717) is 11.6 Å². The van der Waals surface area contributed by atoms with Crippen LogP contribution in [0.15, 0.2) is 40.2 Å². The molecular formula is C13H13BrClNOS. The maximum Gasteiger partial charge on any atom is 0.133 e. The topological polar surface area (TPSA) is 21.3 Å². The third kappa shape index (κ3) is 4.28. The van der Waals surface area contributed by atoms with Crippen LogP contribution in [0, 0.1) is 0 Å². The fourth-order valence-corrected chi connectivity index (χ4v) is 2.92. The Morgan fingerprint density at radius 3 is 2.94 bits per heavy atom. The normalized spacial score (nSPS) is 10.6. The number of nitrogens with one attached hydrogen (secondary N) is 1. The molecule has 0 fully saturated rings. The summed E-state index contributed by atoms with van der Waals surface area (Å²) in [6.07, 6.45) is 0. The molecular weight excluding hydrogens is 334 g/mol. The quantitative estimate of drug-likeness (QED) is 0.786. The molecule has 0 atom stereocenters. The Morgan fingerprint density at radius 2 is 2.22 bits per heavy atom. The fraction of sp³-hybridized carbons (Fsp3) is 0.231. The minimum absolute atomic E-state index is 0.631. The molecule has 2 rings (SSSR count). The second-order valence-corrected chi connectivity index (χ2v) is 6.00. The predicted molar refractivity (Wildman–Crippen MR) is 80.7 cm³/mol. The van der Waals surface area contributed by atoms with Gasteiger partial charge in [0.15, 0.2) is 0 Å². The zero-order chi connectivity index (χ0) is 12.8. The van der Waals surface area contributed by atoms with Gasteiger partial charge in [0, 0.05) is 23.0 Å². The highest BCUT2D eigenvalue weighted by Crippen LogP contribution is 2.27. The number of thiophene rings is 1. The molecule has 0 spiro atoms. The second-order valence-electron chi connectivity index (χ2n) is 3.68. The molecule has 1 aromatic carbocycles. The number of ether oxygens (including phenoxy) is 1. The SMILES string of the molecule is Clc1ccc(OCCNCc2cccs2)c(Br)c1. The van der Waals surface area contributed by atoms with E-state index in [-0.39, 0.29) is 0 Å². The van der Waals surface area contributed by atoms with Crippen molar-refractivity contribution in [2.75, 3.05) is 13.2 Å². The summed E-state index contributed by atoms with van der Waals surface area (Å²) in [6.45, 7) is 2.33. The van der Waals surface area contributed by atoms with Gasteiger partial charge >= 0.3 is 0 Å². The molecule has 96 valence electrons. The van der Waals surface area contributed by atoms with Crippen molar-refractivity contribution in [1.29, 1.82) is 0 Å². The van der Waals surface area contributed by atoms with Gasteiger partial charge in [0.2, 0.25) is 0 Å². The van der Waals surface area contributed by atoms with Crippen molar-refractivity contribution in [1.82, 2.24) is 5.32 Å². The molecule has 18 heavy (non-hydrogen) atoms. The third-order valence-electron chi connectivity index (χ3n) is 2.31. The molecule has 1 N–H and O–H groups in total. The Bertz CT molecular complexity index is 490. The smallest absolute Gasteiger partial charge is 0.133 e. The fourth-order valence-electron chi connectivity index (χ4n) is 1.45. The first-order valence-electron chi connectivity index (χ1n) is 5.56. The summed E-state index contributed by atoms with van der Waals surface area (Å²) in [4.78, 5) is 1.34. The van der Waals surface area contributed by atoms with E-state index in [1.807, 2.05) is 18.2 Å². The Balaban J connectivity index is 1.69. The van der Waals surface area contributed by atoms with E-state index in [0.717, 1.165) is 23.3 Å². The van der Waals surface area contributed by atoms with Crippen molar-refractivity contribution in [3.05, 3.63) is 50.1 Å². The summed E-state index contributed by atoms with van der Waals surface area (Å²) >= 11 is 11.0. The first-order valence-corrected chi connectivity index (χ1v) is 7.62. The first-order chi connectivity index (χ1) is 8.75. The minimum atomic E-state index is 0.631. The summed E-state index contributed by atoms with van der Waals surface area (Å²) in [5, 5.41) is 6.11. The lowest BCUT2D eigenvalue weighted by atomic mass is 10.3. The average Bonchev–Trinajstić information content (AvgIpc) is 2.84. The van der Waals surface area contributed by atoms with Crippen molar-refractivity contribution in [2.24, 2.45) is 0 Å². The highest BCUT2D eigenvalue weighted by molar-refractivity contribution is 9.10. The van der Waals surface area contributed by atoms with Gasteiger partial charge in [-0.15, -0.1) is 11.3 Å². The van der Waals surface area contributed by atoms with Crippen molar-refractivity contribution >= 4 is 38.9 Å². The van der Waals surface area contributed by atoms with Crippen LogP contribution in [0.4, 0.5) is 0 Å². The molecule has 1 aromatic heterocycles. The Hall–Kier alpha value is -0.550. The molecule has 1 heterocycles. The zero-order valence-electron chi connectivity index (χ0n) is 9.66. The van der Waals surface area contributed by atoms with Gasteiger partial charge in [-0.3, -0.25) is 0 Å². The van der Waals surface area contributed by atoms with Crippen LogP contribution in [0.3, 0.4) is 0 Å². The van der Waals surface area contributed by atoms with E-state index in [4.69, 9.17) is 16.3 Å². The van der Waals surface area contributed by atoms with Gasteiger partial charge in [-0.2, -0.15) is 0 Å². The molecule has 0 saturated heterocycles. The van der Waals surface area contributed by atoms with Crippen LogP contribution in [0.5, 0.6) is 5.75 Å². The molecule has 2 nitrogen and oxygen atoms in total. The standard InChI is InChI=1S/C13H13BrClNOS/c14-12-8-10(15)3-4-13(12)17-6-5-16-9-11-2-1-7-18-11/h1-4,7-8,16H,5-6,9H2. The lowest BCUT2D eigenvalue weighted by Gasteiger charge is -2.08. The van der Waals surface area contributed by atoms with Crippen molar-refractivity contribution < 1.29 is 4.74 Å². The van der Waals surface area contributed by atoms with E-state index < -0.39 is 0 Å². The Kier molecular flexibility index (Phi) is 5.50. The van der Waals surface area contributed by atoms with Crippen LogP contribution in [0.2, 0.25) is 5.02 Å². The number of hydrogen-bond donors (Lipinski definition) is 1. The number of benzene rings is 1. The molecule has 2 aromatic rings. The van der Waals surface area contributed by atoms with E-state index in [2.05, 4.69) is 38.8 Å². The molecule has 0 bridgehead atoms. The van der Waals surface area contributed by atoms with Crippen LogP contribution in [-0.2, 0) is 6.54 Å². The van der Waals surface area contributed by atoms with Gasteiger partial charge in [0.05, 0.1) is 4.47 Å². The van der Waals surface area contributed by atoms with Crippen LogP contribution < -0.4 is 10.1 Å². The monoisotopic (exact) mass is 345 g/mol. The summed E-state index contributed by atoms with van der Waals surface area (Å²) in [6, 6.07) is 9.69. The van der Waals surface area contributed by atoms with Crippen molar-refractivity contribution in [3.63, 3.8) is 0 Å². The highest BCUT2D eigenvalue weighted by atomic mass is 79.9. The predicted octanol–water partition coefficient (Wildman–Crippen LogP) is 4.33. The lowest BCUT2D eigenvalue weighted by molar-refractivity contribution is 0.312. The first kappa shape index (κ1) is 13.9. The maximum absolute atomic E-state index is 5.86. The number of hydrogen-bond acceptors (Lipinski definition) is 3. The molecule has 0 unspecified atom stereocenters. The van der Waals surface area contributed by atoms with E-state index in [9.17, 15) is 0 Å². The summed E-state index contributed by atoms with van der Waals surface area (Å²) in [5.74, 6) is 0.817. The van der Waals surface area contributed by atoms with Crippen LogP contribution >= 0.6 is 38.9 Å². The van der Waals surface area contributed by atoms with Crippen LogP contribution in [-0.4, -0.2) is 13.2 Å². The second kappa shape index (κ2) is 7.14. The zero-order valence-corrected chi connectivity index (χ0v) is 12.8. The summed E-state index contributed by atoms with van der Waals surface area (Å²) in [7, 11) is 0. The van der Waals surface area contributed by atoms with Gasteiger partial charge in [0.1, 0.15) is 12.4 Å². The van der Waals surface area contributed by atoms with Gasteiger partial charge in [-0.05, 0) is 45.6 Å². The van der Waals surface area contributed by atoms with E-state index >= 15 is 0 Å². The van der Waals surface area contributed by atoms with Gasteiger partial charge in [-0.1, -0.05) is 17.7 Å². The lowest BCUT2D eigenvalue weighted by Crippen LogP contribution is -2.20. The Labute approximate surface area is 124 Å². The van der Waals surface area contributed by atoms with E-state index in [1.54, 1.807) is 11.3 Å². The summed E-state index contributed by atoms with van der Waals surface area (Å²) < 4.78 is 6.53. The third-order valence-corrected chi connectivity index (χ3v) is 4.04. The van der Waals surface area contributed by atoms with Crippen molar-refractivity contribution in [3.8, 4) is 5.75 Å². The van der Waals surface area contributed by atoms with E-state index in [1.165, 1.54) is 4.88 Å². The molecule has 0 radical (unpaired) electrons. The largest absolute Gasteiger partial charge is 0.491 e. The maximum atomic E-state index is 5.86. The molecule has 5 heteroatoms. The minimum Gasteiger partial charge on any atom is -0.491 e. The summed E-state index contributed by atoms with van der Waals surface area (Å²) in [5.41, 5.74) is 0. The molecule has 0 aliphatic heterocycles. The van der Waals surface area contributed by atoms with Gasteiger partial charge in [0.25, 0.3) is 0 Å².